The van der Waals surface area contributed by atoms with Crippen LogP contribution in [0.3, 0.4) is 0 Å². The molecule has 0 radical (unpaired) electrons. The number of aliphatic carboxylic acids is 1. The van der Waals surface area contributed by atoms with Gasteiger partial charge in [0, 0.05) is 23.6 Å². The molecule has 1 N–H and O–H groups in total. The van der Waals surface area contributed by atoms with Crippen LogP contribution >= 0.6 is 11.6 Å². The third-order valence-corrected chi connectivity index (χ3v) is 3.44. The standard InChI is InChI=1S/C15H16ClNO2/c1-3-8-17-13-9-10(2)4-5-11(13)12(15(17)16)6-7-14(18)19/h4-7,9H,3,8H2,1-2H3,(H,18,19)/b7-6+. The predicted molar refractivity (Wildman–Crippen MR) is 78.6 cm³/mol. The first-order valence-corrected chi connectivity index (χ1v) is 6.61. The molecule has 0 aliphatic rings. The summed E-state index contributed by atoms with van der Waals surface area (Å²) in [6.07, 6.45) is 3.66. The smallest absolute Gasteiger partial charge is 0.328 e. The molecule has 3 nitrogen and oxygen atoms in total. The number of aromatic nitrogens is 1. The highest BCUT2D eigenvalue weighted by Gasteiger charge is 2.13. The summed E-state index contributed by atoms with van der Waals surface area (Å²) < 4.78 is 2.03. The highest BCUT2D eigenvalue weighted by molar-refractivity contribution is 6.33. The third kappa shape index (κ3) is 2.66. The van der Waals surface area contributed by atoms with Gasteiger partial charge in [-0.2, -0.15) is 0 Å². The molecule has 0 unspecified atom stereocenters. The van der Waals surface area contributed by atoms with Crippen LogP contribution in [0.2, 0.25) is 5.15 Å². The molecule has 0 spiro atoms. The zero-order valence-electron chi connectivity index (χ0n) is 11.0. The van der Waals surface area contributed by atoms with E-state index in [0.717, 1.165) is 41.1 Å². The topological polar surface area (TPSA) is 42.2 Å². The zero-order valence-corrected chi connectivity index (χ0v) is 11.7. The van der Waals surface area contributed by atoms with Crippen molar-refractivity contribution >= 4 is 34.5 Å². The lowest BCUT2D eigenvalue weighted by Gasteiger charge is -2.05. The first-order chi connectivity index (χ1) is 9.04. The molecule has 0 atom stereocenters. The molecule has 2 aromatic rings. The van der Waals surface area contributed by atoms with E-state index in [9.17, 15) is 4.79 Å². The van der Waals surface area contributed by atoms with Crippen LogP contribution in [0.5, 0.6) is 0 Å². The lowest BCUT2D eigenvalue weighted by Crippen LogP contribution is -1.96. The fourth-order valence-electron chi connectivity index (χ4n) is 2.21. The minimum atomic E-state index is -0.973. The molecule has 0 aliphatic heterocycles. The maximum Gasteiger partial charge on any atom is 0.328 e. The van der Waals surface area contributed by atoms with Gasteiger partial charge in [0.25, 0.3) is 0 Å². The molecule has 100 valence electrons. The van der Waals surface area contributed by atoms with Crippen LogP contribution < -0.4 is 0 Å². The monoisotopic (exact) mass is 277 g/mol. The van der Waals surface area contributed by atoms with E-state index in [1.54, 1.807) is 6.08 Å². The molecule has 19 heavy (non-hydrogen) atoms. The van der Waals surface area contributed by atoms with Crippen LogP contribution in [0.1, 0.15) is 24.5 Å². The van der Waals surface area contributed by atoms with Gasteiger partial charge in [0.15, 0.2) is 0 Å². The summed E-state index contributed by atoms with van der Waals surface area (Å²) in [6.45, 7) is 4.94. The number of carboxylic acid groups (broad SMARTS) is 1. The summed E-state index contributed by atoms with van der Waals surface area (Å²) in [6, 6.07) is 6.08. The Morgan fingerprint density at radius 3 is 2.84 bits per heavy atom. The summed E-state index contributed by atoms with van der Waals surface area (Å²) in [7, 11) is 0. The lowest BCUT2D eigenvalue weighted by atomic mass is 10.1. The molecule has 0 bridgehead atoms. The van der Waals surface area contributed by atoms with Crippen molar-refractivity contribution in [2.24, 2.45) is 0 Å². The van der Waals surface area contributed by atoms with E-state index in [2.05, 4.69) is 13.0 Å². The second-order valence-electron chi connectivity index (χ2n) is 4.55. The number of carbonyl (C=O) groups is 1. The summed E-state index contributed by atoms with van der Waals surface area (Å²) in [5.74, 6) is -0.973. The average molecular weight is 278 g/mol. The van der Waals surface area contributed by atoms with Gasteiger partial charge in [-0.1, -0.05) is 30.7 Å². The molecule has 0 fully saturated rings. The number of halogens is 1. The Labute approximate surface area is 117 Å². The average Bonchev–Trinajstić information content (AvgIpc) is 2.60. The van der Waals surface area contributed by atoms with Crippen molar-refractivity contribution in [3.05, 3.63) is 40.6 Å². The Morgan fingerprint density at radius 1 is 1.47 bits per heavy atom. The number of benzene rings is 1. The maximum atomic E-state index is 10.7. The third-order valence-electron chi connectivity index (χ3n) is 3.03. The van der Waals surface area contributed by atoms with Gasteiger partial charge in [0.05, 0.1) is 5.52 Å². The van der Waals surface area contributed by atoms with Crippen molar-refractivity contribution in [1.29, 1.82) is 0 Å². The van der Waals surface area contributed by atoms with Gasteiger partial charge in [-0.05, 0) is 31.1 Å². The van der Waals surface area contributed by atoms with Gasteiger partial charge >= 0.3 is 5.97 Å². The Hall–Kier alpha value is -1.74. The molecule has 0 aliphatic carbocycles. The normalized spacial score (nSPS) is 11.5. The SMILES string of the molecule is CCCn1c(Cl)c(/C=C/C(=O)O)c2ccc(C)cc21. The summed E-state index contributed by atoms with van der Waals surface area (Å²) in [5.41, 5.74) is 2.98. The largest absolute Gasteiger partial charge is 0.478 e. The highest BCUT2D eigenvalue weighted by atomic mass is 35.5. The van der Waals surface area contributed by atoms with E-state index in [1.807, 2.05) is 23.6 Å². The fourth-order valence-corrected chi connectivity index (χ4v) is 2.55. The highest BCUT2D eigenvalue weighted by Crippen LogP contribution is 2.32. The number of fused-ring (bicyclic) bond motifs is 1. The molecule has 0 amide bonds. The van der Waals surface area contributed by atoms with Gasteiger partial charge in [0.2, 0.25) is 0 Å². The second kappa shape index (κ2) is 5.49. The minimum Gasteiger partial charge on any atom is -0.478 e. The minimum absolute atomic E-state index is 0.597. The van der Waals surface area contributed by atoms with Gasteiger partial charge in [0.1, 0.15) is 5.15 Å². The molecular weight excluding hydrogens is 262 g/mol. The molecule has 2 rings (SSSR count). The Balaban J connectivity index is 2.69. The van der Waals surface area contributed by atoms with Crippen LogP contribution in [-0.2, 0) is 11.3 Å². The number of nitrogens with zero attached hydrogens (tertiary/aromatic N) is 1. The van der Waals surface area contributed by atoms with Crippen molar-refractivity contribution in [3.8, 4) is 0 Å². The molecule has 4 heteroatoms. The van der Waals surface area contributed by atoms with Crippen LogP contribution in [0.25, 0.3) is 17.0 Å². The Bertz CT molecular complexity index is 656. The van der Waals surface area contributed by atoms with Crippen LogP contribution in [0.4, 0.5) is 0 Å². The van der Waals surface area contributed by atoms with E-state index in [-0.39, 0.29) is 0 Å². The molecule has 1 aromatic heterocycles. The summed E-state index contributed by atoms with van der Waals surface area (Å²) in [5, 5.41) is 10.3. The van der Waals surface area contributed by atoms with Crippen molar-refractivity contribution in [3.63, 3.8) is 0 Å². The van der Waals surface area contributed by atoms with E-state index in [4.69, 9.17) is 16.7 Å². The van der Waals surface area contributed by atoms with Crippen LogP contribution in [0, 0.1) is 6.92 Å². The van der Waals surface area contributed by atoms with E-state index in [0.29, 0.717) is 5.15 Å². The van der Waals surface area contributed by atoms with Crippen molar-refractivity contribution in [2.45, 2.75) is 26.8 Å². The summed E-state index contributed by atoms with van der Waals surface area (Å²) >= 11 is 6.39. The van der Waals surface area contributed by atoms with Gasteiger partial charge in [-0.3, -0.25) is 0 Å². The first-order valence-electron chi connectivity index (χ1n) is 6.24. The van der Waals surface area contributed by atoms with E-state index >= 15 is 0 Å². The number of hydrogen-bond donors (Lipinski definition) is 1. The fraction of sp³-hybridized carbons (Fsp3) is 0.267. The number of rotatable bonds is 4. The molecule has 0 saturated heterocycles. The van der Waals surface area contributed by atoms with E-state index in [1.165, 1.54) is 0 Å². The van der Waals surface area contributed by atoms with Crippen molar-refractivity contribution < 1.29 is 9.90 Å². The van der Waals surface area contributed by atoms with Gasteiger partial charge in [-0.15, -0.1) is 0 Å². The zero-order chi connectivity index (χ0) is 14.0. The molecule has 0 saturated carbocycles. The van der Waals surface area contributed by atoms with Crippen molar-refractivity contribution in [2.75, 3.05) is 0 Å². The number of aryl methyl sites for hydroxylation is 2. The Morgan fingerprint density at radius 2 is 2.21 bits per heavy atom. The maximum absolute atomic E-state index is 10.7. The first kappa shape index (κ1) is 13.7. The Kier molecular flexibility index (Phi) is 3.96. The van der Waals surface area contributed by atoms with E-state index < -0.39 is 5.97 Å². The summed E-state index contributed by atoms with van der Waals surface area (Å²) in [4.78, 5) is 10.7. The second-order valence-corrected chi connectivity index (χ2v) is 4.91. The quantitative estimate of drug-likeness (QED) is 0.855. The number of hydrogen-bond acceptors (Lipinski definition) is 1. The van der Waals surface area contributed by atoms with Gasteiger partial charge < -0.3 is 9.67 Å². The van der Waals surface area contributed by atoms with Crippen LogP contribution in [0.15, 0.2) is 24.3 Å². The molecular formula is C15H16ClNO2. The predicted octanol–water partition coefficient (Wildman–Crippen LogP) is 4.11. The number of carboxylic acids is 1. The van der Waals surface area contributed by atoms with Crippen molar-refractivity contribution in [1.82, 2.24) is 4.57 Å². The van der Waals surface area contributed by atoms with Gasteiger partial charge in [-0.25, -0.2) is 4.79 Å². The lowest BCUT2D eigenvalue weighted by molar-refractivity contribution is -0.131. The van der Waals surface area contributed by atoms with Crippen LogP contribution in [-0.4, -0.2) is 15.6 Å². The molecule has 1 heterocycles. The molecule has 1 aromatic carbocycles.